The van der Waals surface area contributed by atoms with Gasteiger partial charge in [0.1, 0.15) is 6.04 Å². The number of nitrogens with zero attached hydrogens (tertiary/aromatic N) is 1. The van der Waals surface area contributed by atoms with E-state index in [-0.39, 0.29) is 18.0 Å². The van der Waals surface area contributed by atoms with Crippen molar-refractivity contribution < 1.29 is 4.79 Å². The molecule has 27 heavy (non-hydrogen) atoms. The minimum atomic E-state index is -0.0865. The van der Waals surface area contributed by atoms with Gasteiger partial charge in [0.2, 0.25) is 5.91 Å². The zero-order valence-electron chi connectivity index (χ0n) is 15.9. The monoisotopic (exact) mass is 363 g/mol. The largest absolute Gasteiger partial charge is 0.348 e. The van der Waals surface area contributed by atoms with Gasteiger partial charge >= 0.3 is 0 Å². The Kier molecular flexibility index (Phi) is 5.85. The maximum Gasteiger partial charge on any atom is 0.239 e. The fourth-order valence-corrected chi connectivity index (χ4v) is 4.36. The lowest BCUT2D eigenvalue weighted by atomic mass is 9.87. The van der Waals surface area contributed by atoms with Crippen molar-refractivity contribution in [2.75, 3.05) is 26.2 Å². The molecule has 4 rings (SSSR count). The van der Waals surface area contributed by atoms with Crippen molar-refractivity contribution in [3.63, 3.8) is 0 Å². The molecule has 1 aliphatic carbocycles. The SMILES string of the molecule is O=C(NC1CCCc2ccccc21)C1CNCCN1CCc1ccccc1. The molecule has 0 saturated carbocycles. The molecule has 2 aromatic carbocycles. The van der Waals surface area contributed by atoms with Crippen LogP contribution in [-0.2, 0) is 17.6 Å². The number of hydrogen-bond donors (Lipinski definition) is 2. The van der Waals surface area contributed by atoms with Crippen LogP contribution in [0.2, 0.25) is 0 Å². The maximum atomic E-state index is 13.1. The molecule has 2 aromatic rings. The summed E-state index contributed by atoms with van der Waals surface area (Å²) >= 11 is 0. The molecule has 142 valence electrons. The first-order valence-corrected chi connectivity index (χ1v) is 10.2. The Morgan fingerprint density at radius 2 is 1.93 bits per heavy atom. The van der Waals surface area contributed by atoms with Crippen LogP contribution < -0.4 is 10.6 Å². The van der Waals surface area contributed by atoms with Crippen LogP contribution in [0, 0.1) is 0 Å². The van der Waals surface area contributed by atoms with E-state index < -0.39 is 0 Å². The summed E-state index contributed by atoms with van der Waals surface area (Å²) in [6, 6.07) is 19.1. The van der Waals surface area contributed by atoms with Crippen LogP contribution in [0.25, 0.3) is 0 Å². The molecule has 2 unspecified atom stereocenters. The van der Waals surface area contributed by atoms with Gasteiger partial charge in [0, 0.05) is 26.2 Å². The molecule has 1 fully saturated rings. The number of hydrogen-bond acceptors (Lipinski definition) is 3. The first kappa shape index (κ1) is 18.2. The lowest BCUT2D eigenvalue weighted by Gasteiger charge is -2.36. The van der Waals surface area contributed by atoms with Crippen molar-refractivity contribution in [2.45, 2.75) is 37.8 Å². The third-order valence-corrected chi connectivity index (χ3v) is 5.87. The summed E-state index contributed by atoms with van der Waals surface area (Å²) in [5, 5.41) is 6.75. The highest BCUT2D eigenvalue weighted by Gasteiger charge is 2.31. The molecule has 1 amide bonds. The van der Waals surface area contributed by atoms with E-state index >= 15 is 0 Å². The van der Waals surface area contributed by atoms with Crippen molar-refractivity contribution >= 4 is 5.91 Å². The Morgan fingerprint density at radius 1 is 1.11 bits per heavy atom. The van der Waals surface area contributed by atoms with E-state index in [1.165, 1.54) is 16.7 Å². The average molecular weight is 364 g/mol. The third kappa shape index (κ3) is 4.40. The standard InChI is InChI=1S/C23H29N3O/c27-23(25-21-12-6-10-19-9-4-5-11-20(19)21)22-17-24-14-16-26(22)15-13-18-7-2-1-3-8-18/h1-5,7-9,11,21-22,24H,6,10,12-17H2,(H,25,27). The number of carbonyl (C=O) groups is 1. The molecule has 0 aromatic heterocycles. The molecule has 0 radical (unpaired) electrons. The molecule has 2 N–H and O–H groups in total. The van der Waals surface area contributed by atoms with Gasteiger partial charge in [-0.1, -0.05) is 54.6 Å². The fourth-order valence-electron chi connectivity index (χ4n) is 4.36. The Labute approximate surface area is 162 Å². The van der Waals surface area contributed by atoms with Crippen LogP contribution in [-0.4, -0.2) is 43.0 Å². The third-order valence-electron chi connectivity index (χ3n) is 5.87. The van der Waals surface area contributed by atoms with Crippen LogP contribution in [0.15, 0.2) is 54.6 Å². The summed E-state index contributed by atoms with van der Waals surface area (Å²) in [6.45, 7) is 3.52. The molecule has 0 spiro atoms. The number of nitrogens with one attached hydrogen (secondary N) is 2. The maximum absolute atomic E-state index is 13.1. The van der Waals surface area contributed by atoms with Crippen LogP contribution in [0.1, 0.15) is 35.6 Å². The van der Waals surface area contributed by atoms with Gasteiger partial charge in [-0.25, -0.2) is 0 Å². The minimum absolute atomic E-state index is 0.0865. The average Bonchev–Trinajstić information content (AvgIpc) is 2.73. The van der Waals surface area contributed by atoms with Crippen molar-refractivity contribution in [1.29, 1.82) is 0 Å². The van der Waals surface area contributed by atoms with E-state index in [1.807, 2.05) is 6.07 Å². The second kappa shape index (κ2) is 8.68. The van der Waals surface area contributed by atoms with Gasteiger partial charge in [-0.05, 0) is 42.4 Å². The summed E-state index contributed by atoms with van der Waals surface area (Å²) in [5.41, 5.74) is 4.02. The number of aryl methyl sites for hydroxylation is 1. The van der Waals surface area contributed by atoms with Crippen LogP contribution in [0.4, 0.5) is 0 Å². The highest BCUT2D eigenvalue weighted by atomic mass is 16.2. The van der Waals surface area contributed by atoms with Gasteiger partial charge in [0.05, 0.1) is 6.04 Å². The topological polar surface area (TPSA) is 44.4 Å². The number of fused-ring (bicyclic) bond motifs is 1. The van der Waals surface area contributed by atoms with Crippen LogP contribution >= 0.6 is 0 Å². The number of benzene rings is 2. The van der Waals surface area contributed by atoms with E-state index in [0.29, 0.717) is 0 Å². The molecular weight excluding hydrogens is 334 g/mol. The quantitative estimate of drug-likeness (QED) is 0.858. The van der Waals surface area contributed by atoms with Crippen molar-refractivity contribution in [2.24, 2.45) is 0 Å². The smallest absolute Gasteiger partial charge is 0.239 e. The summed E-state index contributed by atoms with van der Waals surface area (Å²) in [6.07, 6.45) is 4.28. The van der Waals surface area contributed by atoms with Crippen molar-refractivity contribution in [3.05, 3.63) is 71.3 Å². The summed E-state index contributed by atoms with van der Waals surface area (Å²) in [5.74, 6) is 0.164. The molecule has 1 aliphatic heterocycles. The predicted molar refractivity (Wildman–Crippen MR) is 109 cm³/mol. The van der Waals surface area contributed by atoms with Crippen molar-refractivity contribution in [1.82, 2.24) is 15.5 Å². The predicted octanol–water partition coefficient (Wildman–Crippen LogP) is 2.70. The molecule has 0 bridgehead atoms. The zero-order chi connectivity index (χ0) is 18.5. The van der Waals surface area contributed by atoms with Crippen LogP contribution in [0.5, 0.6) is 0 Å². The highest BCUT2D eigenvalue weighted by molar-refractivity contribution is 5.82. The Balaban J connectivity index is 1.40. The molecule has 2 aliphatic rings. The Bertz CT molecular complexity index is 761. The molecule has 2 atom stereocenters. The first-order valence-electron chi connectivity index (χ1n) is 10.2. The van der Waals surface area contributed by atoms with E-state index in [0.717, 1.165) is 51.9 Å². The van der Waals surface area contributed by atoms with Gasteiger partial charge in [-0.3, -0.25) is 9.69 Å². The summed E-state index contributed by atoms with van der Waals surface area (Å²) in [7, 11) is 0. The van der Waals surface area contributed by atoms with Gasteiger partial charge in [0.15, 0.2) is 0 Å². The van der Waals surface area contributed by atoms with Crippen LogP contribution in [0.3, 0.4) is 0 Å². The summed E-state index contributed by atoms with van der Waals surface area (Å²) in [4.78, 5) is 15.4. The van der Waals surface area contributed by atoms with E-state index in [2.05, 4.69) is 64.1 Å². The zero-order valence-corrected chi connectivity index (χ0v) is 15.9. The van der Waals surface area contributed by atoms with E-state index in [4.69, 9.17) is 0 Å². The Hall–Kier alpha value is -2.17. The number of piperazine rings is 1. The molecule has 4 nitrogen and oxygen atoms in total. The highest BCUT2D eigenvalue weighted by Crippen LogP contribution is 2.29. The lowest BCUT2D eigenvalue weighted by Crippen LogP contribution is -2.58. The molecular formula is C23H29N3O. The normalized spacial score (nSPS) is 22.8. The fraction of sp³-hybridized carbons (Fsp3) is 0.435. The van der Waals surface area contributed by atoms with Gasteiger partial charge in [-0.2, -0.15) is 0 Å². The second-order valence-electron chi connectivity index (χ2n) is 7.64. The van der Waals surface area contributed by atoms with Gasteiger partial charge in [0.25, 0.3) is 0 Å². The lowest BCUT2D eigenvalue weighted by molar-refractivity contribution is -0.128. The first-order chi connectivity index (χ1) is 13.3. The molecule has 1 saturated heterocycles. The molecule has 4 heteroatoms. The number of rotatable bonds is 5. The van der Waals surface area contributed by atoms with E-state index in [9.17, 15) is 4.79 Å². The number of carbonyl (C=O) groups excluding carboxylic acids is 1. The second-order valence-corrected chi connectivity index (χ2v) is 7.64. The number of amides is 1. The summed E-state index contributed by atoms with van der Waals surface area (Å²) < 4.78 is 0. The minimum Gasteiger partial charge on any atom is -0.348 e. The van der Waals surface area contributed by atoms with Crippen molar-refractivity contribution in [3.8, 4) is 0 Å². The molecule has 1 heterocycles. The Morgan fingerprint density at radius 3 is 2.81 bits per heavy atom. The van der Waals surface area contributed by atoms with Gasteiger partial charge in [-0.15, -0.1) is 0 Å². The van der Waals surface area contributed by atoms with E-state index in [1.54, 1.807) is 0 Å². The van der Waals surface area contributed by atoms with Gasteiger partial charge < -0.3 is 10.6 Å².